The largest absolute Gasteiger partial charge is 0.396 e. The van der Waals surface area contributed by atoms with Crippen molar-refractivity contribution in [3.05, 3.63) is 12.7 Å². The second kappa shape index (κ2) is 10.7. The van der Waals surface area contributed by atoms with Crippen LogP contribution in [0, 0.1) is 0 Å². The Bertz CT molecular complexity index is 269. The monoisotopic (exact) mass is 258 g/mol. The van der Waals surface area contributed by atoms with E-state index in [4.69, 9.17) is 9.94 Å². The number of unbranched alkanes of at least 4 members (excludes halogenated alkanes) is 1. The van der Waals surface area contributed by atoms with Gasteiger partial charge in [0, 0.05) is 33.2 Å². The van der Waals surface area contributed by atoms with Crippen molar-refractivity contribution in [1.29, 1.82) is 0 Å². The first kappa shape index (κ1) is 16.6. The average molecular weight is 258 g/mol. The van der Waals surface area contributed by atoms with Gasteiger partial charge in [-0.1, -0.05) is 6.58 Å². The van der Waals surface area contributed by atoms with Crippen LogP contribution in [0.4, 0.5) is 0 Å². The molecule has 0 aliphatic rings. The van der Waals surface area contributed by atoms with E-state index in [0.29, 0.717) is 32.4 Å². The highest BCUT2D eigenvalue weighted by Gasteiger charge is 2.07. The summed E-state index contributed by atoms with van der Waals surface area (Å²) in [4.78, 5) is 27.1. The molecule has 0 unspecified atom stereocenters. The van der Waals surface area contributed by atoms with Gasteiger partial charge in [0.15, 0.2) is 0 Å². The van der Waals surface area contributed by atoms with Crippen LogP contribution in [0.15, 0.2) is 12.7 Å². The van der Waals surface area contributed by atoms with Crippen LogP contribution >= 0.6 is 0 Å². The summed E-state index contributed by atoms with van der Waals surface area (Å²) < 4.78 is 0. The predicted molar refractivity (Wildman–Crippen MR) is 67.5 cm³/mol. The van der Waals surface area contributed by atoms with Gasteiger partial charge in [-0.2, -0.15) is 0 Å². The van der Waals surface area contributed by atoms with E-state index in [2.05, 4.69) is 11.9 Å². The number of amides is 1. The van der Waals surface area contributed by atoms with Crippen LogP contribution in [0.3, 0.4) is 0 Å². The topological polar surface area (TPSA) is 78.9 Å². The summed E-state index contributed by atoms with van der Waals surface area (Å²) in [5, 5.41) is 12.6. The molecule has 104 valence electrons. The van der Waals surface area contributed by atoms with Crippen molar-refractivity contribution in [3.8, 4) is 0 Å². The lowest BCUT2D eigenvalue weighted by Gasteiger charge is -2.15. The van der Waals surface area contributed by atoms with Crippen LogP contribution in [-0.4, -0.2) is 48.8 Å². The molecule has 0 radical (unpaired) electrons. The molecule has 0 atom stereocenters. The summed E-state index contributed by atoms with van der Waals surface area (Å²) in [6, 6.07) is 0. The highest BCUT2D eigenvalue weighted by molar-refractivity contribution is 5.86. The number of hydrogen-bond donors (Lipinski definition) is 2. The van der Waals surface area contributed by atoms with Gasteiger partial charge in [-0.3, -0.25) is 9.59 Å². The van der Waals surface area contributed by atoms with E-state index in [9.17, 15) is 9.59 Å². The summed E-state index contributed by atoms with van der Waals surface area (Å²) in [6.45, 7) is 4.45. The number of aliphatic hydroxyl groups excluding tert-OH is 1. The lowest BCUT2D eigenvalue weighted by atomic mass is 10.2. The standard InChI is InChI=1S/C12H22N2O4/c1-3-11(16)13-8-5-4-7-12(17)18-14(2)9-6-10-15/h3,15H,1,4-10H2,2H3,(H,13,16). The van der Waals surface area contributed by atoms with Crippen molar-refractivity contribution >= 4 is 11.9 Å². The van der Waals surface area contributed by atoms with E-state index in [1.54, 1.807) is 7.05 Å². The number of hydrogen-bond acceptors (Lipinski definition) is 5. The molecule has 0 saturated heterocycles. The second-order valence-electron chi connectivity index (χ2n) is 3.84. The number of carbonyl (C=O) groups excluding carboxylic acids is 2. The van der Waals surface area contributed by atoms with Crippen molar-refractivity contribution < 1.29 is 19.5 Å². The van der Waals surface area contributed by atoms with Crippen LogP contribution in [0.1, 0.15) is 25.7 Å². The minimum atomic E-state index is -0.300. The van der Waals surface area contributed by atoms with Gasteiger partial charge in [0.05, 0.1) is 0 Å². The predicted octanol–water partition coefficient (Wildman–Crippen LogP) is 0.231. The highest BCUT2D eigenvalue weighted by Crippen LogP contribution is 1.99. The molecular formula is C12H22N2O4. The molecule has 0 bridgehead atoms. The van der Waals surface area contributed by atoms with Crippen molar-refractivity contribution in [2.75, 3.05) is 26.7 Å². The summed E-state index contributed by atoms with van der Waals surface area (Å²) in [5.74, 6) is -0.508. The number of rotatable bonds is 10. The Morgan fingerprint density at radius 1 is 1.39 bits per heavy atom. The normalized spacial score (nSPS) is 10.2. The molecule has 0 aliphatic carbocycles. The summed E-state index contributed by atoms with van der Waals surface area (Å²) >= 11 is 0. The quantitative estimate of drug-likeness (QED) is 0.333. The Balaban J connectivity index is 3.47. The molecule has 0 aromatic carbocycles. The number of aliphatic hydroxyl groups is 1. The van der Waals surface area contributed by atoms with E-state index in [1.807, 2.05) is 0 Å². The number of hydroxylamine groups is 2. The van der Waals surface area contributed by atoms with E-state index in [1.165, 1.54) is 11.1 Å². The van der Waals surface area contributed by atoms with Gasteiger partial charge in [0.25, 0.3) is 0 Å². The van der Waals surface area contributed by atoms with Crippen molar-refractivity contribution in [2.45, 2.75) is 25.7 Å². The highest BCUT2D eigenvalue weighted by atomic mass is 16.7. The molecule has 0 aromatic rings. The Labute approximate surface area is 108 Å². The molecule has 0 rings (SSSR count). The Kier molecular flexibility index (Phi) is 9.90. The first-order chi connectivity index (χ1) is 8.60. The Morgan fingerprint density at radius 2 is 2.11 bits per heavy atom. The van der Waals surface area contributed by atoms with Crippen LogP contribution in [-0.2, 0) is 14.4 Å². The molecular weight excluding hydrogens is 236 g/mol. The van der Waals surface area contributed by atoms with Crippen LogP contribution in [0.5, 0.6) is 0 Å². The van der Waals surface area contributed by atoms with Gasteiger partial charge in [-0.25, -0.2) is 0 Å². The maximum atomic E-state index is 11.3. The molecule has 0 heterocycles. The van der Waals surface area contributed by atoms with Gasteiger partial charge in [-0.15, -0.1) is 5.06 Å². The fourth-order valence-electron chi connectivity index (χ4n) is 1.24. The van der Waals surface area contributed by atoms with Gasteiger partial charge in [-0.05, 0) is 25.3 Å². The third-order valence-corrected chi connectivity index (χ3v) is 2.18. The van der Waals surface area contributed by atoms with Gasteiger partial charge < -0.3 is 15.3 Å². The molecule has 0 spiro atoms. The van der Waals surface area contributed by atoms with E-state index in [0.717, 1.165) is 6.42 Å². The zero-order valence-corrected chi connectivity index (χ0v) is 10.9. The van der Waals surface area contributed by atoms with Crippen molar-refractivity contribution in [2.24, 2.45) is 0 Å². The maximum Gasteiger partial charge on any atom is 0.325 e. The number of carbonyl (C=O) groups is 2. The van der Waals surface area contributed by atoms with Crippen LogP contribution in [0.2, 0.25) is 0 Å². The summed E-state index contributed by atoms with van der Waals surface area (Å²) in [6.07, 6.45) is 3.47. The lowest BCUT2D eigenvalue weighted by molar-refractivity contribution is -0.184. The molecule has 18 heavy (non-hydrogen) atoms. The molecule has 0 fully saturated rings. The fourth-order valence-corrected chi connectivity index (χ4v) is 1.24. The average Bonchev–Trinajstić information content (AvgIpc) is 2.35. The van der Waals surface area contributed by atoms with Gasteiger partial charge in [0.2, 0.25) is 5.91 Å². The van der Waals surface area contributed by atoms with Gasteiger partial charge >= 0.3 is 5.97 Å². The van der Waals surface area contributed by atoms with Crippen LogP contribution in [0.25, 0.3) is 0 Å². The smallest absolute Gasteiger partial charge is 0.325 e. The molecule has 0 saturated carbocycles. The minimum Gasteiger partial charge on any atom is -0.396 e. The molecule has 0 aliphatic heterocycles. The van der Waals surface area contributed by atoms with E-state index >= 15 is 0 Å². The summed E-state index contributed by atoms with van der Waals surface area (Å²) in [7, 11) is 1.65. The molecule has 6 nitrogen and oxygen atoms in total. The Hall–Kier alpha value is -1.40. The van der Waals surface area contributed by atoms with E-state index in [-0.39, 0.29) is 18.5 Å². The number of nitrogens with one attached hydrogen (secondary N) is 1. The number of nitrogens with zero attached hydrogens (tertiary/aromatic N) is 1. The molecule has 1 amide bonds. The zero-order valence-electron chi connectivity index (χ0n) is 10.9. The third kappa shape index (κ3) is 9.80. The molecule has 6 heteroatoms. The zero-order chi connectivity index (χ0) is 13.8. The third-order valence-electron chi connectivity index (χ3n) is 2.18. The van der Waals surface area contributed by atoms with Crippen molar-refractivity contribution in [1.82, 2.24) is 10.4 Å². The summed E-state index contributed by atoms with van der Waals surface area (Å²) in [5.41, 5.74) is 0. The first-order valence-corrected chi connectivity index (χ1v) is 6.03. The lowest BCUT2D eigenvalue weighted by Crippen LogP contribution is -2.25. The van der Waals surface area contributed by atoms with E-state index < -0.39 is 0 Å². The van der Waals surface area contributed by atoms with Crippen molar-refractivity contribution in [3.63, 3.8) is 0 Å². The first-order valence-electron chi connectivity index (χ1n) is 6.03. The molecule has 0 aromatic heterocycles. The fraction of sp³-hybridized carbons (Fsp3) is 0.667. The van der Waals surface area contributed by atoms with Crippen LogP contribution < -0.4 is 5.32 Å². The molecule has 2 N–H and O–H groups in total. The maximum absolute atomic E-state index is 11.3. The Morgan fingerprint density at radius 3 is 2.72 bits per heavy atom. The minimum absolute atomic E-state index is 0.0743. The second-order valence-corrected chi connectivity index (χ2v) is 3.84. The SMILES string of the molecule is C=CC(=O)NCCCCC(=O)ON(C)CCCO. The van der Waals surface area contributed by atoms with Gasteiger partial charge in [0.1, 0.15) is 0 Å².